The zero-order valence-corrected chi connectivity index (χ0v) is 12.4. The molecular formula is C14H19NO4S. The topological polar surface area (TPSA) is 75.6 Å². The molecule has 0 aliphatic carbocycles. The molecular weight excluding hydrogens is 278 g/mol. The van der Waals surface area contributed by atoms with E-state index in [1.165, 1.54) is 7.11 Å². The van der Waals surface area contributed by atoms with Crippen LogP contribution in [-0.2, 0) is 16.0 Å². The number of benzene rings is 1. The van der Waals surface area contributed by atoms with Crippen LogP contribution in [0.4, 0.5) is 0 Å². The van der Waals surface area contributed by atoms with E-state index in [4.69, 9.17) is 9.84 Å². The van der Waals surface area contributed by atoms with Gasteiger partial charge in [-0.3, -0.25) is 4.79 Å². The fraction of sp³-hybridized carbons (Fsp3) is 0.429. The van der Waals surface area contributed by atoms with Gasteiger partial charge in [-0.25, -0.2) is 4.79 Å². The summed E-state index contributed by atoms with van der Waals surface area (Å²) in [5, 5.41) is 11.6. The Kier molecular flexibility index (Phi) is 6.93. The molecule has 1 aromatic rings. The Labute approximate surface area is 122 Å². The van der Waals surface area contributed by atoms with Crippen LogP contribution in [0.25, 0.3) is 0 Å². The van der Waals surface area contributed by atoms with Gasteiger partial charge in [0.25, 0.3) is 0 Å². The lowest BCUT2D eigenvalue weighted by Gasteiger charge is -2.14. The van der Waals surface area contributed by atoms with E-state index in [1.54, 1.807) is 23.9 Å². The van der Waals surface area contributed by atoms with E-state index in [-0.39, 0.29) is 12.3 Å². The van der Waals surface area contributed by atoms with Crippen LogP contribution in [0.15, 0.2) is 24.3 Å². The summed E-state index contributed by atoms with van der Waals surface area (Å²) in [5.74, 6) is -0.0135. The first-order valence-electron chi connectivity index (χ1n) is 6.21. The highest BCUT2D eigenvalue weighted by atomic mass is 32.2. The van der Waals surface area contributed by atoms with Crippen molar-refractivity contribution in [2.45, 2.75) is 18.9 Å². The minimum atomic E-state index is -1.01. The number of rotatable bonds is 8. The van der Waals surface area contributed by atoms with Gasteiger partial charge in [0.2, 0.25) is 5.91 Å². The quantitative estimate of drug-likeness (QED) is 0.761. The predicted octanol–water partition coefficient (Wildman–Crippen LogP) is 1.56. The van der Waals surface area contributed by atoms with Crippen molar-refractivity contribution in [3.8, 4) is 5.75 Å². The molecule has 0 aliphatic rings. The fourth-order valence-electron chi connectivity index (χ4n) is 1.76. The lowest BCUT2D eigenvalue weighted by Crippen LogP contribution is -2.41. The molecule has 0 saturated heterocycles. The van der Waals surface area contributed by atoms with Crippen LogP contribution in [0.3, 0.4) is 0 Å². The van der Waals surface area contributed by atoms with Crippen molar-refractivity contribution in [2.75, 3.05) is 19.1 Å². The highest BCUT2D eigenvalue weighted by Gasteiger charge is 2.19. The molecule has 1 amide bonds. The first kappa shape index (κ1) is 16.4. The van der Waals surface area contributed by atoms with Gasteiger partial charge in [0.05, 0.1) is 13.5 Å². The highest BCUT2D eigenvalue weighted by molar-refractivity contribution is 7.98. The summed E-state index contributed by atoms with van der Waals surface area (Å²) in [6.07, 6.45) is 2.41. The van der Waals surface area contributed by atoms with Crippen LogP contribution in [0.5, 0.6) is 5.75 Å². The van der Waals surface area contributed by atoms with Crippen molar-refractivity contribution in [1.29, 1.82) is 0 Å². The van der Waals surface area contributed by atoms with Crippen molar-refractivity contribution in [3.63, 3.8) is 0 Å². The number of carbonyl (C=O) groups is 2. The molecule has 1 rings (SSSR count). The van der Waals surface area contributed by atoms with Crippen LogP contribution in [0, 0.1) is 0 Å². The third-order valence-corrected chi connectivity index (χ3v) is 3.43. The number of para-hydroxylation sites is 1. The number of nitrogens with one attached hydrogen (secondary N) is 1. The summed E-state index contributed by atoms with van der Waals surface area (Å²) >= 11 is 1.55. The van der Waals surface area contributed by atoms with Crippen LogP contribution in [0.1, 0.15) is 12.0 Å². The van der Waals surface area contributed by atoms with Gasteiger partial charge in [-0.05, 0) is 24.5 Å². The Morgan fingerprint density at radius 2 is 2.10 bits per heavy atom. The Morgan fingerprint density at radius 1 is 1.40 bits per heavy atom. The molecule has 1 aromatic carbocycles. The van der Waals surface area contributed by atoms with Crippen LogP contribution >= 0.6 is 11.8 Å². The zero-order chi connectivity index (χ0) is 15.0. The minimum Gasteiger partial charge on any atom is -0.496 e. The number of hydrogen-bond acceptors (Lipinski definition) is 4. The molecule has 2 N–H and O–H groups in total. The second-order valence-electron chi connectivity index (χ2n) is 4.23. The summed E-state index contributed by atoms with van der Waals surface area (Å²) < 4.78 is 5.16. The van der Waals surface area contributed by atoms with Crippen molar-refractivity contribution in [1.82, 2.24) is 5.32 Å². The van der Waals surface area contributed by atoms with Gasteiger partial charge < -0.3 is 15.2 Å². The monoisotopic (exact) mass is 297 g/mol. The molecule has 0 heterocycles. The van der Waals surface area contributed by atoms with Gasteiger partial charge in [0.15, 0.2) is 0 Å². The minimum absolute atomic E-state index is 0.104. The van der Waals surface area contributed by atoms with Crippen LogP contribution in [-0.4, -0.2) is 42.1 Å². The van der Waals surface area contributed by atoms with Gasteiger partial charge in [-0.1, -0.05) is 18.2 Å². The van der Waals surface area contributed by atoms with Gasteiger partial charge in [0.1, 0.15) is 11.8 Å². The highest BCUT2D eigenvalue weighted by Crippen LogP contribution is 2.17. The third kappa shape index (κ3) is 5.13. The second-order valence-corrected chi connectivity index (χ2v) is 5.21. The van der Waals surface area contributed by atoms with Crippen molar-refractivity contribution < 1.29 is 19.4 Å². The van der Waals surface area contributed by atoms with E-state index in [2.05, 4.69) is 5.32 Å². The first-order valence-corrected chi connectivity index (χ1v) is 7.61. The number of carboxylic acid groups (broad SMARTS) is 1. The SMILES string of the molecule is COc1ccccc1CC(=O)N[C@H](CCSC)C(=O)O. The average molecular weight is 297 g/mol. The van der Waals surface area contributed by atoms with Gasteiger partial charge in [0, 0.05) is 5.56 Å². The van der Waals surface area contributed by atoms with Crippen LogP contribution in [0.2, 0.25) is 0 Å². The Balaban J connectivity index is 2.63. The Hall–Kier alpha value is -1.69. The number of carbonyl (C=O) groups excluding carboxylic acids is 1. The molecule has 5 nitrogen and oxygen atoms in total. The molecule has 0 aromatic heterocycles. The molecule has 0 spiro atoms. The van der Waals surface area contributed by atoms with E-state index < -0.39 is 12.0 Å². The smallest absolute Gasteiger partial charge is 0.326 e. The molecule has 0 aliphatic heterocycles. The number of amides is 1. The van der Waals surface area contributed by atoms with Crippen molar-refractivity contribution in [2.24, 2.45) is 0 Å². The second kappa shape index (κ2) is 8.47. The van der Waals surface area contributed by atoms with Crippen LogP contribution < -0.4 is 10.1 Å². The average Bonchev–Trinajstić information content (AvgIpc) is 2.43. The summed E-state index contributed by atoms with van der Waals surface area (Å²) in [6, 6.07) is 6.34. The number of ether oxygens (including phenoxy) is 1. The van der Waals surface area contributed by atoms with E-state index in [1.807, 2.05) is 18.4 Å². The standard InChI is InChI=1S/C14H19NO4S/c1-19-12-6-4-3-5-10(12)9-13(16)15-11(14(17)18)7-8-20-2/h3-6,11H,7-9H2,1-2H3,(H,15,16)(H,17,18)/t11-/m1/s1. The summed E-state index contributed by atoms with van der Waals surface area (Å²) in [6.45, 7) is 0. The predicted molar refractivity (Wildman–Crippen MR) is 79.3 cm³/mol. The van der Waals surface area contributed by atoms with Gasteiger partial charge in [-0.2, -0.15) is 11.8 Å². The largest absolute Gasteiger partial charge is 0.496 e. The molecule has 20 heavy (non-hydrogen) atoms. The Bertz CT molecular complexity index is 464. The molecule has 0 saturated carbocycles. The maximum atomic E-state index is 11.9. The van der Waals surface area contributed by atoms with E-state index in [0.29, 0.717) is 17.9 Å². The lowest BCUT2D eigenvalue weighted by atomic mass is 10.1. The molecule has 6 heteroatoms. The molecule has 110 valence electrons. The number of carboxylic acids is 1. The fourth-order valence-corrected chi connectivity index (χ4v) is 2.23. The molecule has 0 unspecified atom stereocenters. The molecule has 0 bridgehead atoms. The summed E-state index contributed by atoms with van der Waals surface area (Å²) in [4.78, 5) is 23.0. The van der Waals surface area contributed by atoms with Gasteiger partial charge >= 0.3 is 5.97 Å². The molecule has 0 radical (unpaired) electrons. The number of methoxy groups -OCH3 is 1. The summed E-state index contributed by atoms with van der Waals surface area (Å²) in [5.41, 5.74) is 0.738. The van der Waals surface area contributed by atoms with Crippen molar-refractivity contribution >= 4 is 23.6 Å². The van der Waals surface area contributed by atoms with E-state index >= 15 is 0 Å². The normalized spacial score (nSPS) is 11.7. The number of aliphatic carboxylic acids is 1. The van der Waals surface area contributed by atoms with E-state index in [0.717, 1.165) is 5.56 Å². The summed E-state index contributed by atoms with van der Waals surface area (Å²) in [7, 11) is 1.54. The molecule has 1 atom stereocenters. The molecule has 0 fully saturated rings. The number of thioether (sulfide) groups is 1. The maximum Gasteiger partial charge on any atom is 0.326 e. The third-order valence-electron chi connectivity index (χ3n) is 2.79. The lowest BCUT2D eigenvalue weighted by molar-refractivity contribution is -0.141. The van der Waals surface area contributed by atoms with Gasteiger partial charge in [-0.15, -0.1) is 0 Å². The number of hydrogen-bond donors (Lipinski definition) is 2. The first-order chi connectivity index (χ1) is 9.58. The Morgan fingerprint density at radius 3 is 2.70 bits per heavy atom. The van der Waals surface area contributed by atoms with Crippen molar-refractivity contribution in [3.05, 3.63) is 29.8 Å². The zero-order valence-electron chi connectivity index (χ0n) is 11.6. The van der Waals surface area contributed by atoms with E-state index in [9.17, 15) is 9.59 Å². The maximum absolute atomic E-state index is 11.9.